The number of carboxylic acids is 1. The average molecular weight is 267 g/mol. The summed E-state index contributed by atoms with van der Waals surface area (Å²) in [5.74, 6) is -0.391. The molecule has 1 aromatic carbocycles. The first-order valence-electron chi connectivity index (χ1n) is 6.51. The van der Waals surface area contributed by atoms with Crippen LogP contribution in [0.4, 0.5) is 0 Å². The molecule has 0 bridgehead atoms. The Morgan fingerprint density at radius 1 is 1.33 bits per heavy atom. The van der Waals surface area contributed by atoms with E-state index in [0.29, 0.717) is 10.9 Å². The molecule has 1 saturated carbocycles. The molecule has 18 heavy (non-hydrogen) atoms. The van der Waals surface area contributed by atoms with E-state index < -0.39 is 11.4 Å². The Hall–Kier alpha value is -1.02. The lowest BCUT2D eigenvalue weighted by atomic mass is 9.75. The second kappa shape index (κ2) is 4.93. The van der Waals surface area contributed by atoms with Crippen molar-refractivity contribution in [3.63, 3.8) is 0 Å². The van der Waals surface area contributed by atoms with Crippen LogP contribution in [0.1, 0.15) is 56.6 Å². The lowest BCUT2D eigenvalue weighted by molar-refractivity contribution is -0.143. The quantitative estimate of drug-likeness (QED) is 0.883. The van der Waals surface area contributed by atoms with E-state index in [0.717, 1.165) is 36.8 Å². The van der Waals surface area contributed by atoms with E-state index in [4.69, 9.17) is 11.6 Å². The van der Waals surface area contributed by atoms with Gasteiger partial charge < -0.3 is 5.11 Å². The van der Waals surface area contributed by atoms with Gasteiger partial charge in [0.2, 0.25) is 0 Å². The molecule has 0 unspecified atom stereocenters. The van der Waals surface area contributed by atoms with Crippen LogP contribution in [0.5, 0.6) is 0 Å². The van der Waals surface area contributed by atoms with Crippen molar-refractivity contribution < 1.29 is 9.90 Å². The molecule has 1 aliphatic carbocycles. The molecule has 0 radical (unpaired) electrons. The first-order chi connectivity index (χ1) is 8.47. The Morgan fingerprint density at radius 2 is 1.94 bits per heavy atom. The zero-order chi connectivity index (χ0) is 13.3. The van der Waals surface area contributed by atoms with E-state index in [1.807, 2.05) is 18.2 Å². The Bertz CT molecular complexity index is 460. The fourth-order valence-electron chi connectivity index (χ4n) is 3.02. The predicted molar refractivity (Wildman–Crippen MR) is 73.3 cm³/mol. The first-order valence-corrected chi connectivity index (χ1v) is 6.88. The molecule has 98 valence electrons. The monoisotopic (exact) mass is 266 g/mol. The molecule has 2 rings (SSSR count). The summed E-state index contributed by atoms with van der Waals surface area (Å²) in [5, 5.41) is 10.3. The van der Waals surface area contributed by atoms with Gasteiger partial charge in [0.05, 0.1) is 5.41 Å². The number of halogens is 1. The van der Waals surface area contributed by atoms with E-state index in [1.165, 1.54) is 0 Å². The summed E-state index contributed by atoms with van der Waals surface area (Å²) >= 11 is 6.07. The van der Waals surface area contributed by atoms with Gasteiger partial charge in [0, 0.05) is 5.02 Å². The molecule has 2 nitrogen and oxygen atoms in total. The SMILES string of the molecule is CC(C)c1ccc(Cl)cc1C1(C(=O)O)CCCC1. The van der Waals surface area contributed by atoms with Gasteiger partial charge in [-0.1, -0.05) is 44.4 Å². The largest absolute Gasteiger partial charge is 0.481 e. The third-order valence-corrected chi connectivity index (χ3v) is 4.25. The zero-order valence-corrected chi connectivity index (χ0v) is 11.6. The molecule has 0 amide bonds. The van der Waals surface area contributed by atoms with Gasteiger partial charge in [-0.25, -0.2) is 0 Å². The molecule has 0 aliphatic heterocycles. The number of hydrogen-bond acceptors (Lipinski definition) is 1. The van der Waals surface area contributed by atoms with Gasteiger partial charge in [-0.2, -0.15) is 0 Å². The highest BCUT2D eigenvalue weighted by Crippen LogP contribution is 2.44. The third kappa shape index (κ3) is 2.14. The van der Waals surface area contributed by atoms with E-state index in [9.17, 15) is 9.90 Å². The topological polar surface area (TPSA) is 37.3 Å². The van der Waals surface area contributed by atoms with Gasteiger partial charge >= 0.3 is 5.97 Å². The second-order valence-corrected chi connectivity index (χ2v) is 5.92. The summed E-state index contributed by atoms with van der Waals surface area (Å²) in [6.45, 7) is 4.19. The summed E-state index contributed by atoms with van der Waals surface area (Å²) in [6, 6.07) is 5.69. The van der Waals surface area contributed by atoms with Crippen molar-refractivity contribution in [3.05, 3.63) is 34.3 Å². The van der Waals surface area contributed by atoms with Crippen LogP contribution >= 0.6 is 11.6 Å². The number of carboxylic acid groups (broad SMARTS) is 1. The normalized spacial score (nSPS) is 18.2. The maximum absolute atomic E-state index is 11.8. The summed E-state index contributed by atoms with van der Waals surface area (Å²) < 4.78 is 0. The number of aliphatic carboxylic acids is 1. The van der Waals surface area contributed by atoms with E-state index in [1.54, 1.807) is 0 Å². The minimum Gasteiger partial charge on any atom is -0.481 e. The molecule has 0 heterocycles. The maximum Gasteiger partial charge on any atom is 0.314 e. The fraction of sp³-hybridized carbons (Fsp3) is 0.533. The molecule has 0 atom stereocenters. The van der Waals surface area contributed by atoms with Crippen molar-refractivity contribution in [2.75, 3.05) is 0 Å². The van der Waals surface area contributed by atoms with Gasteiger partial charge in [-0.3, -0.25) is 4.79 Å². The highest BCUT2D eigenvalue weighted by Gasteiger charge is 2.44. The molecule has 0 spiro atoms. The molecule has 1 N–H and O–H groups in total. The Kier molecular flexibility index (Phi) is 3.67. The van der Waals surface area contributed by atoms with Crippen LogP contribution in [0.15, 0.2) is 18.2 Å². The average Bonchev–Trinajstić information content (AvgIpc) is 2.78. The minimum absolute atomic E-state index is 0.314. The summed E-state index contributed by atoms with van der Waals surface area (Å²) in [7, 11) is 0. The van der Waals surface area contributed by atoms with Crippen LogP contribution in [0, 0.1) is 0 Å². The van der Waals surface area contributed by atoms with Gasteiger partial charge in [-0.15, -0.1) is 0 Å². The molecule has 1 aromatic rings. The smallest absolute Gasteiger partial charge is 0.314 e. The number of benzene rings is 1. The predicted octanol–water partition coefficient (Wildman–Crippen LogP) is 4.36. The molecule has 3 heteroatoms. The molecular weight excluding hydrogens is 248 g/mol. The molecule has 1 aliphatic rings. The summed E-state index contributed by atoms with van der Waals surface area (Å²) in [5.41, 5.74) is 1.32. The minimum atomic E-state index is -0.718. The van der Waals surface area contributed by atoms with Gasteiger partial charge in [0.1, 0.15) is 0 Å². The molecule has 1 fully saturated rings. The van der Waals surface area contributed by atoms with Gasteiger partial charge in [0.15, 0.2) is 0 Å². The third-order valence-electron chi connectivity index (χ3n) is 4.02. The van der Waals surface area contributed by atoms with Crippen molar-refractivity contribution in [2.45, 2.75) is 50.9 Å². The fourth-order valence-corrected chi connectivity index (χ4v) is 3.20. The highest BCUT2D eigenvalue weighted by atomic mass is 35.5. The Labute approximate surface area is 113 Å². The van der Waals surface area contributed by atoms with E-state index >= 15 is 0 Å². The Balaban J connectivity index is 2.60. The number of carbonyl (C=O) groups is 1. The molecular formula is C15H19ClO2. The van der Waals surface area contributed by atoms with Crippen LogP contribution < -0.4 is 0 Å². The van der Waals surface area contributed by atoms with E-state index in [2.05, 4.69) is 13.8 Å². The first kappa shape index (κ1) is 13.4. The van der Waals surface area contributed by atoms with Crippen LogP contribution in [-0.4, -0.2) is 11.1 Å². The molecule has 0 saturated heterocycles. The van der Waals surface area contributed by atoms with Crippen molar-refractivity contribution in [1.29, 1.82) is 0 Å². The van der Waals surface area contributed by atoms with Crippen molar-refractivity contribution in [1.82, 2.24) is 0 Å². The van der Waals surface area contributed by atoms with Crippen molar-refractivity contribution in [2.24, 2.45) is 0 Å². The molecule has 0 aromatic heterocycles. The zero-order valence-electron chi connectivity index (χ0n) is 10.9. The number of rotatable bonds is 3. The number of hydrogen-bond donors (Lipinski definition) is 1. The standard InChI is InChI=1S/C15H19ClO2/c1-10(2)12-6-5-11(16)9-13(12)15(14(17)18)7-3-4-8-15/h5-6,9-10H,3-4,7-8H2,1-2H3,(H,17,18). The van der Waals surface area contributed by atoms with Crippen LogP contribution in [0.25, 0.3) is 0 Å². The second-order valence-electron chi connectivity index (χ2n) is 5.48. The van der Waals surface area contributed by atoms with Crippen molar-refractivity contribution in [3.8, 4) is 0 Å². The summed E-state index contributed by atoms with van der Waals surface area (Å²) in [6.07, 6.45) is 3.41. The van der Waals surface area contributed by atoms with Crippen LogP contribution in [0.2, 0.25) is 5.02 Å². The Morgan fingerprint density at radius 3 is 2.44 bits per heavy atom. The van der Waals surface area contributed by atoms with Crippen LogP contribution in [0.3, 0.4) is 0 Å². The maximum atomic E-state index is 11.8. The van der Waals surface area contributed by atoms with Crippen LogP contribution in [-0.2, 0) is 10.2 Å². The van der Waals surface area contributed by atoms with Gasteiger partial charge in [0.25, 0.3) is 0 Å². The lowest BCUT2D eigenvalue weighted by Crippen LogP contribution is -2.33. The van der Waals surface area contributed by atoms with E-state index in [-0.39, 0.29) is 0 Å². The highest BCUT2D eigenvalue weighted by molar-refractivity contribution is 6.30. The summed E-state index contributed by atoms with van der Waals surface area (Å²) in [4.78, 5) is 11.8. The lowest BCUT2D eigenvalue weighted by Gasteiger charge is -2.28. The van der Waals surface area contributed by atoms with Crippen molar-refractivity contribution >= 4 is 17.6 Å². The van der Waals surface area contributed by atoms with Gasteiger partial charge in [-0.05, 0) is 42.0 Å².